The molecule has 0 saturated carbocycles. The highest BCUT2D eigenvalue weighted by molar-refractivity contribution is 5.83. The fraction of sp³-hybridized carbons (Fsp3) is 0.500. The topological polar surface area (TPSA) is 92.4 Å². The van der Waals surface area contributed by atoms with Crippen molar-refractivity contribution in [3.05, 3.63) is 41.5 Å². The second-order valence-corrected chi connectivity index (χ2v) is 6.89. The summed E-state index contributed by atoms with van der Waals surface area (Å²) in [5.74, 6) is 0.169. The third-order valence-corrected chi connectivity index (χ3v) is 5.35. The number of hydrogen-bond donors (Lipinski definition) is 0. The van der Waals surface area contributed by atoms with E-state index in [1.165, 1.54) is 0 Å². The number of pyridine rings is 1. The largest absolute Gasteiger partial charge is 0.337 e. The Labute approximate surface area is 151 Å². The molecular weight excluding hydrogens is 334 g/mol. The Hall–Kier alpha value is -2.77. The minimum absolute atomic E-state index is 0.0379. The second kappa shape index (κ2) is 6.86. The monoisotopic (exact) mass is 355 g/mol. The molecule has 2 saturated heterocycles. The Morgan fingerprint density at radius 3 is 2.96 bits per heavy atom. The van der Waals surface area contributed by atoms with E-state index in [0.717, 1.165) is 12.0 Å². The molecule has 136 valence electrons. The van der Waals surface area contributed by atoms with Crippen LogP contribution in [-0.4, -0.2) is 55.5 Å². The fourth-order valence-corrected chi connectivity index (χ4v) is 3.94. The lowest BCUT2D eigenvalue weighted by atomic mass is 10.1. The second-order valence-electron chi connectivity index (χ2n) is 6.89. The van der Waals surface area contributed by atoms with Gasteiger partial charge in [-0.25, -0.2) is 4.63 Å². The van der Waals surface area contributed by atoms with Crippen molar-refractivity contribution in [2.75, 3.05) is 6.54 Å². The molecule has 2 amide bonds. The normalized spacial score (nSPS) is 22.1. The van der Waals surface area contributed by atoms with Crippen LogP contribution in [0.1, 0.15) is 36.2 Å². The number of rotatable bonds is 5. The number of aromatic nitrogens is 3. The molecule has 0 aliphatic carbocycles. The van der Waals surface area contributed by atoms with Gasteiger partial charge in [0, 0.05) is 31.8 Å². The first kappa shape index (κ1) is 16.7. The van der Waals surface area contributed by atoms with E-state index >= 15 is 0 Å². The Bertz CT molecular complexity index is 806. The number of nitrogens with zero attached hydrogens (tertiary/aromatic N) is 5. The van der Waals surface area contributed by atoms with Crippen LogP contribution in [0.2, 0.25) is 0 Å². The average molecular weight is 355 g/mol. The van der Waals surface area contributed by atoms with Gasteiger partial charge in [-0.05, 0) is 31.4 Å². The van der Waals surface area contributed by atoms with Gasteiger partial charge in [-0.2, -0.15) is 0 Å². The molecular formula is C18H21N5O3. The highest BCUT2D eigenvalue weighted by Crippen LogP contribution is 2.34. The van der Waals surface area contributed by atoms with Gasteiger partial charge >= 0.3 is 0 Å². The van der Waals surface area contributed by atoms with E-state index in [2.05, 4.69) is 15.3 Å². The maximum atomic E-state index is 12.7. The van der Waals surface area contributed by atoms with Crippen LogP contribution in [0.4, 0.5) is 0 Å². The van der Waals surface area contributed by atoms with Crippen molar-refractivity contribution < 1.29 is 14.2 Å². The molecule has 2 aromatic rings. The molecule has 0 unspecified atom stereocenters. The van der Waals surface area contributed by atoms with Gasteiger partial charge in [0.15, 0.2) is 0 Å². The summed E-state index contributed by atoms with van der Waals surface area (Å²) in [5.41, 5.74) is 2.43. The minimum Gasteiger partial charge on any atom is -0.337 e. The first-order valence-electron chi connectivity index (χ1n) is 8.89. The molecule has 0 aromatic carbocycles. The summed E-state index contributed by atoms with van der Waals surface area (Å²) in [6.07, 6.45) is 5.81. The van der Waals surface area contributed by atoms with Crippen molar-refractivity contribution >= 4 is 11.8 Å². The molecule has 2 aliphatic rings. The SMILES string of the molecule is Cc1nonc1CN1C(=O)C[C@H]2[C@@H]1CCN2C(=O)CCc1cccnc1. The highest BCUT2D eigenvalue weighted by atomic mass is 16.6. The minimum atomic E-state index is -0.0379. The van der Waals surface area contributed by atoms with Crippen molar-refractivity contribution in [1.82, 2.24) is 25.1 Å². The Kier molecular flexibility index (Phi) is 4.40. The van der Waals surface area contributed by atoms with Crippen LogP contribution < -0.4 is 0 Å². The highest BCUT2D eigenvalue weighted by Gasteiger charge is 2.48. The Morgan fingerprint density at radius 1 is 1.35 bits per heavy atom. The molecule has 2 fully saturated rings. The first-order valence-corrected chi connectivity index (χ1v) is 8.89. The average Bonchev–Trinajstić information content (AvgIpc) is 3.32. The number of carbonyl (C=O) groups excluding carboxylic acids is 2. The molecule has 8 nitrogen and oxygen atoms in total. The summed E-state index contributed by atoms with van der Waals surface area (Å²) in [4.78, 5) is 32.9. The van der Waals surface area contributed by atoms with Gasteiger partial charge in [0.05, 0.1) is 18.6 Å². The van der Waals surface area contributed by atoms with E-state index in [4.69, 9.17) is 4.63 Å². The fourth-order valence-electron chi connectivity index (χ4n) is 3.94. The molecule has 0 radical (unpaired) electrons. The van der Waals surface area contributed by atoms with Crippen LogP contribution in [-0.2, 0) is 22.6 Å². The molecule has 2 atom stereocenters. The van der Waals surface area contributed by atoms with Gasteiger partial charge in [0.25, 0.3) is 0 Å². The van der Waals surface area contributed by atoms with Crippen LogP contribution in [0.5, 0.6) is 0 Å². The number of likely N-dealkylation sites (tertiary alicyclic amines) is 2. The van der Waals surface area contributed by atoms with E-state index in [1.54, 1.807) is 12.4 Å². The molecule has 4 heterocycles. The lowest BCUT2D eigenvalue weighted by Crippen LogP contribution is -2.39. The smallest absolute Gasteiger partial charge is 0.225 e. The van der Waals surface area contributed by atoms with E-state index in [0.29, 0.717) is 43.7 Å². The molecule has 2 aliphatic heterocycles. The van der Waals surface area contributed by atoms with Crippen LogP contribution in [0.25, 0.3) is 0 Å². The first-order chi connectivity index (χ1) is 12.6. The van der Waals surface area contributed by atoms with E-state index in [1.807, 2.05) is 28.9 Å². The maximum absolute atomic E-state index is 12.7. The zero-order valence-corrected chi connectivity index (χ0v) is 14.7. The van der Waals surface area contributed by atoms with E-state index in [-0.39, 0.29) is 23.9 Å². The van der Waals surface area contributed by atoms with Crippen LogP contribution in [0.15, 0.2) is 29.2 Å². The summed E-state index contributed by atoms with van der Waals surface area (Å²) < 4.78 is 4.73. The van der Waals surface area contributed by atoms with Crippen molar-refractivity contribution in [2.24, 2.45) is 0 Å². The van der Waals surface area contributed by atoms with Crippen LogP contribution in [0, 0.1) is 6.92 Å². The van der Waals surface area contributed by atoms with Gasteiger partial charge in [0.2, 0.25) is 11.8 Å². The summed E-state index contributed by atoms with van der Waals surface area (Å²) in [6.45, 7) is 2.90. The summed E-state index contributed by atoms with van der Waals surface area (Å²) in [7, 11) is 0. The summed E-state index contributed by atoms with van der Waals surface area (Å²) in [6, 6.07) is 3.87. The lowest BCUT2D eigenvalue weighted by Gasteiger charge is -2.25. The van der Waals surface area contributed by atoms with Gasteiger partial charge in [-0.1, -0.05) is 16.4 Å². The number of carbonyl (C=O) groups is 2. The van der Waals surface area contributed by atoms with Crippen molar-refractivity contribution in [1.29, 1.82) is 0 Å². The molecule has 26 heavy (non-hydrogen) atoms. The molecule has 0 bridgehead atoms. The third kappa shape index (κ3) is 3.07. The van der Waals surface area contributed by atoms with Crippen molar-refractivity contribution in [3.8, 4) is 0 Å². The summed E-state index contributed by atoms with van der Waals surface area (Å²) >= 11 is 0. The van der Waals surface area contributed by atoms with Crippen molar-refractivity contribution in [3.63, 3.8) is 0 Å². The number of fused-ring (bicyclic) bond motifs is 1. The van der Waals surface area contributed by atoms with E-state index < -0.39 is 0 Å². The molecule has 4 rings (SSSR count). The number of aryl methyl sites for hydroxylation is 2. The number of hydrogen-bond acceptors (Lipinski definition) is 6. The quantitative estimate of drug-likeness (QED) is 0.798. The Morgan fingerprint density at radius 2 is 2.23 bits per heavy atom. The van der Waals surface area contributed by atoms with Crippen LogP contribution >= 0.6 is 0 Å². The zero-order chi connectivity index (χ0) is 18.1. The zero-order valence-electron chi connectivity index (χ0n) is 14.7. The predicted octanol–water partition coefficient (Wildman–Crippen LogP) is 1.11. The predicted molar refractivity (Wildman–Crippen MR) is 90.7 cm³/mol. The van der Waals surface area contributed by atoms with Crippen LogP contribution in [0.3, 0.4) is 0 Å². The summed E-state index contributed by atoms with van der Waals surface area (Å²) in [5, 5.41) is 7.65. The molecule has 0 spiro atoms. The molecule has 0 N–H and O–H groups in total. The van der Waals surface area contributed by atoms with Gasteiger partial charge < -0.3 is 9.80 Å². The number of amides is 2. The van der Waals surface area contributed by atoms with E-state index in [9.17, 15) is 9.59 Å². The van der Waals surface area contributed by atoms with Gasteiger partial charge in [-0.15, -0.1) is 0 Å². The Balaban J connectivity index is 1.40. The lowest BCUT2D eigenvalue weighted by molar-refractivity contribution is -0.132. The standard InChI is InChI=1S/C18H21N5O3/c1-12-14(21-26-20-12)11-23-15-6-8-22(16(15)9-18(23)25)17(24)5-4-13-3-2-7-19-10-13/h2-3,7,10,15-16H,4-6,8-9,11H2,1H3/t15-,16-/m0/s1. The van der Waals surface area contributed by atoms with Gasteiger partial charge in [-0.3, -0.25) is 14.6 Å². The van der Waals surface area contributed by atoms with Crippen molar-refractivity contribution in [2.45, 2.75) is 51.2 Å². The van der Waals surface area contributed by atoms with Gasteiger partial charge in [0.1, 0.15) is 11.4 Å². The molecule has 8 heteroatoms. The molecule has 2 aromatic heterocycles. The maximum Gasteiger partial charge on any atom is 0.225 e. The third-order valence-electron chi connectivity index (χ3n) is 5.35.